The smallest absolute Gasteiger partial charge is 0.254 e. The number of aliphatic hydroxyl groups excluding tert-OH is 1. The summed E-state index contributed by atoms with van der Waals surface area (Å²) in [7, 11) is 0. The number of rotatable bonds is 7. The van der Waals surface area contributed by atoms with Gasteiger partial charge in [0.1, 0.15) is 0 Å². The van der Waals surface area contributed by atoms with E-state index in [1.54, 1.807) is 6.20 Å². The lowest BCUT2D eigenvalue weighted by Gasteiger charge is -2.13. The molecule has 0 bridgehead atoms. The molecule has 0 aliphatic rings. The van der Waals surface area contributed by atoms with E-state index in [2.05, 4.69) is 24.3 Å². The summed E-state index contributed by atoms with van der Waals surface area (Å²) < 4.78 is 1.90. The van der Waals surface area contributed by atoms with Crippen molar-refractivity contribution in [3.8, 4) is 0 Å². The van der Waals surface area contributed by atoms with Crippen LogP contribution < -0.4 is 5.32 Å². The number of carbonyl (C=O) groups excluding carboxylic acids is 1. The number of benzene rings is 1. The van der Waals surface area contributed by atoms with Crippen LogP contribution >= 0.6 is 0 Å². The average molecular weight is 329 g/mol. The minimum absolute atomic E-state index is 0.181. The highest BCUT2D eigenvalue weighted by molar-refractivity contribution is 5.95. The molecule has 1 heterocycles. The Balaban J connectivity index is 2.02. The van der Waals surface area contributed by atoms with Gasteiger partial charge in [0, 0.05) is 13.1 Å². The predicted octanol–water partition coefficient (Wildman–Crippen LogP) is 2.87. The van der Waals surface area contributed by atoms with Crippen molar-refractivity contribution >= 4 is 5.91 Å². The lowest BCUT2D eigenvalue weighted by atomic mass is 10.1. The van der Waals surface area contributed by atoms with Gasteiger partial charge in [-0.25, -0.2) is 0 Å². The maximum Gasteiger partial charge on any atom is 0.254 e. The SMILES string of the molecule is CCc1c(C(=O)NC[C@@H](O)c2ccc(C)cc2)cnn1CC(C)C. The molecule has 0 radical (unpaired) electrons. The first kappa shape index (κ1) is 18.2. The largest absolute Gasteiger partial charge is 0.387 e. The number of aliphatic hydroxyl groups is 1. The summed E-state index contributed by atoms with van der Waals surface area (Å²) in [6.07, 6.45) is 1.65. The van der Waals surface area contributed by atoms with E-state index in [0.29, 0.717) is 11.5 Å². The van der Waals surface area contributed by atoms with Crippen LogP contribution in [0.2, 0.25) is 0 Å². The normalized spacial score (nSPS) is 12.4. The van der Waals surface area contributed by atoms with Crippen molar-refractivity contribution in [3.05, 3.63) is 52.8 Å². The third-order valence-corrected chi connectivity index (χ3v) is 3.98. The molecule has 0 aliphatic carbocycles. The molecule has 2 N–H and O–H groups in total. The second-order valence-electron chi connectivity index (χ2n) is 6.57. The van der Waals surface area contributed by atoms with Crippen LogP contribution in [0.5, 0.6) is 0 Å². The molecule has 0 spiro atoms. The molecule has 0 unspecified atom stereocenters. The Morgan fingerprint density at radius 2 is 1.96 bits per heavy atom. The molecule has 24 heavy (non-hydrogen) atoms. The van der Waals surface area contributed by atoms with Crippen molar-refractivity contribution in [2.24, 2.45) is 5.92 Å². The van der Waals surface area contributed by atoms with E-state index >= 15 is 0 Å². The van der Waals surface area contributed by atoms with Crippen LogP contribution in [0.25, 0.3) is 0 Å². The highest BCUT2D eigenvalue weighted by atomic mass is 16.3. The first-order valence-electron chi connectivity index (χ1n) is 8.49. The maximum absolute atomic E-state index is 12.4. The summed E-state index contributed by atoms with van der Waals surface area (Å²) >= 11 is 0. The molecule has 1 atom stereocenters. The van der Waals surface area contributed by atoms with Crippen LogP contribution in [0.4, 0.5) is 0 Å². The van der Waals surface area contributed by atoms with Gasteiger partial charge in [0.15, 0.2) is 0 Å². The van der Waals surface area contributed by atoms with Crippen molar-refractivity contribution in [2.45, 2.75) is 46.8 Å². The minimum atomic E-state index is -0.717. The van der Waals surface area contributed by atoms with E-state index in [1.165, 1.54) is 0 Å². The topological polar surface area (TPSA) is 67.2 Å². The van der Waals surface area contributed by atoms with E-state index in [4.69, 9.17) is 0 Å². The van der Waals surface area contributed by atoms with Gasteiger partial charge in [0.05, 0.1) is 23.6 Å². The van der Waals surface area contributed by atoms with Gasteiger partial charge in [-0.1, -0.05) is 50.6 Å². The molecule has 2 aromatic rings. The van der Waals surface area contributed by atoms with Crippen molar-refractivity contribution in [1.82, 2.24) is 15.1 Å². The molecule has 1 aromatic heterocycles. The van der Waals surface area contributed by atoms with Gasteiger partial charge in [-0.05, 0) is 24.8 Å². The van der Waals surface area contributed by atoms with Gasteiger partial charge >= 0.3 is 0 Å². The van der Waals surface area contributed by atoms with Gasteiger partial charge in [-0.15, -0.1) is 0 Å². The number of nitrogens with zero attached hydrogens (tertiary/aromatic N) is 2. The quantitative estimate of drug-likeness (QED) is 0.821. The fourth-order valence-corrected chi connectivity index (χ4v) is 2.67. The lowest BCUT2D eigenvalue weighted by molar-refractivity contribution is 0.0915. The third kappa shape index (κ3) is 4.45. The van der Waals surface area contributed by atoms with Gasteiger partial charge in [-0.3, -0.25) is 9.48 Å². The second kappa shape index (κ2) is 8.11. The number of carbonyl (C=O) groups is 1. The van der Waals surface area contributed by atoms with Crippen LogP contribution in [-0.2, 0) is 13.0 Å². The Morgan fingerprint density at radius 1 is 1.29 bits per heavy atom. The zero-order valence-corrected chi connectivity index (χ0v) is 14.9. The summed E-state index contributed by atoms with van der Waals surface area (Å²) in [6.45, 7) is 9.24. The zero-order chi connectivity index (χ0) is 17.7. The third-order valence-electron chi connectivity index (χ3n) is 3.98. The minimum Gasteiger partial charge on any atom is -0.387 e. The fourth-order valence-electron chi connectivity index (χ4n) is 2.67. The second-order valence-corrected chi connectivity index (χ2v) is 6.57. The molecule has 130 valence electrons. The zero-order valence-electron chi connectivity index (χ0n) is 14.9. The Labute approximate surface area is 143 Å². The predicted molar refractivity (Wildman–Crippen MR) is 94.9 cm³/mol. The summed E-state index contributed by atoms with van der Waals surface area (Å²) in [6, 6.07) is 7.66. The molecule has 1 aromatic carbocycles. The van der Waals surface area contributed by atoms with E-state index < -0.39 is 6.10 Å². The van der Waals surface area contributed by atoms with Gasteiger partial charge in [0.2, 0.25) is 0 Å². The number of hydrogen-bond acceptors (Lipinski definition) is 3. The Morgan fingerprint density at radius 3 is 2.54 bits per heavy atom. The number of aromatic nitrogens is 2. The van der Waals surface area contributed by atoms with E-state index in [0.717, 1.165) is 29.8 Å². The number of nitrogens with one attached hydrogen (secondary N) is 1. The summed E-state index contributed by atoms with van der Waals surface area (Å²) in [5.74, 6) is 0.280. The number of amides is 1. The summed E-state index contributed by atoms with van der Waals surface area (Å²) in [5.41, 5.74) is 3.47. The molecule has 0 fully saturated rings. The van der Waals surface area contributed by atoms with Crippen LogP contribution in [-0.4, -0.2) is 27.3 Å². The van der Waals surface area contributed by atoms with Crippen molar-refractivity contribution in [2.75, 3.05) is 6.54 Å². The molecule has 2 rings (SSSR count). The van der Waals surface area contributed by atoms with Gasteiger partial charge in [0.25, 0.3) is 5.91 Å². The first-order chi connectivity index (χ1) is 11.4. The first-order valence-corrected chi connectivity index (χ1v) is 8.49. The molecule has 1 amide bonds. The molecule has 0 saturated heterocycles. The highest BCUT2D eigenvalue weighted by Crippen LogP contribution is 2.15. The van der Waals surface area contributed by atoms with Crippen LogP contribution in [0.3, 0.4) is 0 Å². The Kier molecular flexibility index (Phi) is 6.15. The molecular formula is C19H27N3O2. The Hall–Kier alpha value is -2.14. The van der Waals surface area contributed by atoms with E-state index in [-0.39, 0.29) is 12.5 Å². The van der Waals surface area contributed by atoms with Crippen molar-refractivity contribution < 1.29 is 9.90 Å². The van der Waals surface area contributed by atoms with Gasteiger partial charge < -0.3 is 10.4 Å². The molecule has 5 nitrogen and oxygen atoms in total. The van der Waals surface area contributed by atoms with Crippen LogP contribution in [0.15, 0.2) is 30.5 Å². The van der Waals surface area contributed by atoms with Crippen molar-refractivity contribution in [3.63, 3.8) is 0 Å². The molecule has 0 aliphatic heterocycles. The highest BCUT2D eigenvalue weighted by Gasteiger charge is 2.18. The van der Waals surface area contributed by atoms with E-state index in [9.17, 15) is 9.90 Å². The standard InChI is InChI=1S/C19H27N3O2/c1-5-17-16(10-21-22(17)12-13(2)3)19(24)20-11-18(23)15-8-6-14(4)7-9-15/h6-10,13,18,23H,5,11-12H2,1-4H3,(H,20,24)/t18-/m1/s1. The summed E-state index contributed by atoms with van der Waals surface area (Å²) in [4.78, 5) is 12.4. The Bertz CT molecular complexity index is 674. The number of hydrogen-bond donors (Lipinski definition) is 2. The van der Waals surface area contributed by atoms with Crippen LogP contribution in [0.1, 0.15) is 54.1 Å². The van der Waals surface area contributed by atoms with Crippen LogP contribution in [0, 0.1) is 12.8 Å². The average Bonchev–Trinajstić information content (AvgIpc) is 2.94. The maximum atomic E-state index is 12.4. The van der Waals surface area contributed by atoms with E-state index in [1.807, 2.05) is 42.8 Å². The molecular weight excluding hydrogens is 302 g/mol. The monoisotopic (exact) mass is 329 g/mol. The molecule has 0 saturated carbocycles. The van der Waals surface area contributed by atoms with Crippen molar-refractivity contribution in [1.29, 1.82) is 0 Å². The molecule has 5 heteroatoms. The lowest BCUT2D eigenvalue weighted by Crippen LogP contribution is -2.29. The number of aryl methyl sites for hydroxylation is 1. The van der Waals surface area contributed by atoms with Gasteiger partial charge in [-0.2, -0.15) is 5.10 Å². The summed E-state index contributed by atoms with van der Waals surface area (Å²) in [5, 5.41) is 17.4. The fraction of sp³-hybridized carbons (Fsp3) is 0.474.